The highest BCUT2D eigenvalue weighted by Gasteiger charge is 2.15. The minimum atomic E-state index is -0.299. The van der Waals surface area contributed by atoms with Crippen LogP contribution in [0.5, 0.6) is 5.75 Å². The number of hydrogen-bond acceptors (Lipinski definition) is 4. The number of halogens is 1. The Morgan fingerprint density at radius 3 is 2.28 bits per heavy atom. The zero-order valence-corrected chi connectivity index (χ0v) is 15.7. The van der Waals surface area contributed by atoms with Crippen LogP contribution in [0.1, 0.15) is 13.8 Å². The minimum absolute atomic E-state index is 0.119. The summed E-state index contributed by atoms with van der Waals surface area (Å²) < 4.78 is 5.09. The van der Waals surface area contributed by atoms with Gasteiger partial charge in [0.2, 0.25) is 11.8 Å². The second-order valence-corrected chi connectivity index (χ2v) is 7.13. The molecule has 0 aromatic heterocycles. The van der Waals surface area contributed by atoms with Gasteiger partial charge in [-0.05, 0) is 49.4 Å². The molecule has 0 heterocycles. The number of amides is 2. The lowest BCUT2D eigenvalue weighted by molar-refractivity contribution is -0.115. The predicted molar refractivity (Wildman–Crippen MR) is 103 cm³/mol. The van der Waals surface area contributed by atoms with Gasteiger partial charge in [-0.2, -0.15) is 0 Å². The average molecular weight is 379 g/mol. The summed E-state index contributed by atoms with van der Waals surface area (Å²) in [5, 5.41) is 5.68. The Kier molecular flexibility index (Phi) is 6.73. The third kappa shape index (κ3) is 5.69. The molecule has 5 nitrogen and oxygen atoms in total. The summed E-state index contributed by atoms with van der Waals surface area (Å²) in [6.45, 7) is 3.29. The highest BCUT2D eigenvalue weighted by molar-refractivity contribution is 8.00. The van der Waals surface area contributed by atoms with E-state index in [0.717, 1.165) is 10.6 Å². The third-order valence-electron chi connectivity index (χ3n) is 3.28. The lowest BCUT2D eigenvalue weighted by Gasteiger charge is -2.13. The molecule has 0 fully saturated rings. The molecule has 132 valence electrons. The molecule has 2 N–H and O–H groups in total. The fourth-order valence-electron chi connectivity index (χ4n) is 2.07. The number of nitrogens with one attached hydrogen (secondary N) is 2. The summed E-state index contributed by atoms with van der Waals surface area (Å²) in [7, 11) is 1.54. The van der Waals surface area contributed by atoms with E-state index < -0.39 is 0 Å². The van der Waals surface area contributed by atoms with Gasteiger partial charge in [0, 0.05) is 23.2 Å². The Bertz CT molecular complexity index is 765. The van der Waals surface area contributed by atoms with Crippen LogP contribution in [0.2, 0.25) is 5.02 Å². The fraction of sp³-hybridized carbons (Fsp3) is 0.222. The van der Waals surface area contributed by atoms with Crippen molar-refractivity contribution < 1.29 is 14.3 Å². The average Bonchev–Trinajstić information content (AvgIpc) is 2.56. The summed E-state index contributed by atoms with van der Waals surface area (Å²) in [5.41, 5.74) is 1.34. The van der Waals surface area contributed by atoms with Crippen LogP contribution >= 0.6 is 23.4 Å². The lowest BCUT2D eigenvalue weighted by Crippen LogP contribution is -2.22. The monoisotopic (exact) mass is 378 g/mol. The van der Waals surface area contributed by atoms with E-state index in [1.165, 1.54) is 25.8 Å². The molecule has 2 amide bonds. The summed E-state index contributed by atoms with van der Waals surface area (Å²) in [4.78, 5) is 24.3. The van der Waals surface area contributed by atoms with E-state index in [1.54, 1.807) is 30.3 Å². The smallest absolute Gasteiger partial charge is 0.237 e. The van der Waals surface area contributed by atoms with Crippen LogP contribution in [-0.4, -0.2) is 24.2 Å². The van der Waals surface area contributed by atoms with Gasteiger partial charge in [0.1, 0.15) is 5.75 Å². The number of anilines is 2. The van der Waals surface area contributed by atoms with Crippen LogP contribution < -0.4 is 15.4 Å². The van der Waals surface area contributed by atoms with Crippen molar-refractivity contribution in [2.75, 3.05) is 17.7 Å². The number of benzene rings is 2. The maximum absolute atomic E-state index is 12.3. The predicted octanol–water partition coefficient (Wildman–Crippen LogP) is 4.43. The SMILES string of the molecule is COc1ccc(NC(=O)C(C)Sc2ccc(NC(C)=O)cc2)cc1Cl. The van der Waals surface area contributed by atoms with Crippen molar-refractivity contribution in [3.8, 4) is 5.75 Å². The van der Waals surface area contributed by atoms with Gasteiger partial charge in [0.25, 0.3) is 0 Å². The Labute approximate surface area is 156 Å². The molecule has 0 radical (unpaired) electrons. The molecule has 0 aliphatic carbocycles. The van der Waals surface area contributed by atoms with Gasteiger partial charge in [-0.25, -0.2) is 0 Å². The molecule has 1 unspecified atom stereocenters. The molecule has 0 spiro atoms. The molecule has 1 atom stereocenters. The van der Waals surface area contributed by atoms with Crippen LogP contribution in [-0.2, 0) is 9.59 Å². The summed E-state index contributed by atoms with van der Waals surface area (Å²) in [5.74, 6) is 0.310. The normalized spacial score (nSPS) is 11.5. The van der Waals surface area contributed by atoms with Crippen LogP contribution in [0.25, 0.3) is 0 Å². The molecule has 2 aromatic rings. The van der Waals surface area contributed by atoms with E-state index in [9.17, 15) is 9.59 Å². The molecule has 25 heavy (non-hydrogen) atoms. The topological polar surface area (TPSA) is 67.4 Å². The molecular weight excluding hydrogens is 360 g/mol. The molecular formula is C18H19ClN2O3S. The number of methoxy groups -OCH3 is 1. The third-order valence-corrected chi connectivity index (χ3v) is 4.68. The molecule has 0 saturated heterocycles. The van der Waals surface area contributed by atoms with Crippen LogP contribution in [0.15, 0.2) is 47.4 Å². The minimum Gasteiger partial charge on any atom is -0.495 e. The number of carbonyl (C=O) groups is 2. The molecule has 7 heteroatoms. The molecule has 0 aliphatic heterocycles. The highest BCUT2D eigenvalue weighted by Crippen LogP contribution is 2.29. The lowest BCUT2D eigenvalue weighted by atomic mass is 10.3. The summed E-state index contributed by atoms with van der Waals surface area (Å²) in [6, 6.07) is 12.4. The fourth-order valence-corrected chi connectivity index (χ4v) is 3.19. The first kappa shape index (κ1) is 19.1. The number of thioether (sulfide) groups is 1. The molecule has 0 saturated carbocycles. The summed E-state index contributed by atoms with van der Waals surface area (Å²) >= 11 is 7.49. The maximum atomic E-state index is 12.3. The first-order valence-electron chi connectivity index (χ1n) is 7.57. The van der Waals surface area contributed by atoms with Gasteiger partial charge in [-0.1, -0.05) is 11.6 Å². The van der Waals surface area contributed by atoms with Crippen molar-refractivity contribution in [1.82, 2.24) is 0 Å². The number of ether oxygens (including phenoxy) is 1. The number of rotatable bonds is 6. The van der Waals surface area contributed by atoms with Crippen LogP contribution in [0.3, 0.4) is 0 Å². The van der Waals surface area contributed by atoms with Crippen molar-refractivity contribution in [3.05, 3.63) is 47.5 Å². The van der Waals surface area contributed by atoms with Crippen LogP contribution in [0, 0.1) is 0 Å². The van der Waals surface area contributed by atoms with Crippen molar-refractivity contribution >= 4 is 46.6 Å². The molecule has 0 aliphatic rings. The number of carbonyl (C=O) groups excluding carboxylic acids is 2. The maximum Gasteiger partial charge on any atom is 0.237 e. The Morgan fingerprint density at radius 1 is 1.08 bits per heavy atom. The van der Waals surface area contributed by atoms with E-state index in [4.69, 9.17) is 16.3 Å². The Balaban J connectivity index is 1.95. The zero-order valence-electron chi connectivity index (χ0n) is 14.1. The second kappa shape index (κ2) is 8.78. The van der Waals surface area contributed by atoms with Gasteiger partial charge in [0.15, 0.2) is 0 Å². The van der Waals surface area contributed by atoms with Gasteiger partial charge in [0.05, 0.1) is 17.4 Å². The van der Waals surface area contributed by atoms with E-state index in [-0.39, 0.29) is 17.1 Å². The van der Waals surface area contributed by atoms with E-state index >= 15 is 0 Å². The largest absolute Gasteiger partial charge is 0.495 e. The molecule has 2 rings (SSSR count). The van der Waals surface area contributed by atoms with Gasteiger partial charge < -0.3 is 15.4 Å². The molecule has 2 aromatic carbocycles. The first-order valence-corrected chi connectivity index (χ1v) is 8.83. The van der Waals surface area contributed by atoms with Crippen molar-refractivity contribution in [3.63, 3.8) is 0 Å². The first-order chi connectivity index (χ1) is 11.9. The summed E-state index contributed by atoms with van der Waals surface area (Å²) in [6.07, 6.45) is 0. The standard InChI is InChI=1S/C18H19ClN2O3S/c1-11(25-15-7-4-13(5-8-15)20-12(2)22)18(23)21-14-6-9-17(24-3)16(19)10-14/h4-11H,1-3H3,(H,20,22)(H,21,23). The van der Waals surface area contributed by atoms with Gasteiger partial charge in [-0.15, -0.1) is 11.8 Å². The Hall–Kier alpha value is -2.18. The highest BCUT2D eigenvalue weighted by atomic mass is 35.5. The van der Waals surface area contributed by atoms with Crippen LogP contribution in [0.4, 0.5) is 11.4 Å². The van der Waals surface area contributed by atoms with Gasteiger partial charge in [-0.3, -0.25) is 9.59 Å². The van der Waals surface area contributed by atoms with Gasteiger partial charge >= 0.3 is 0 Å². The second-order valence-electron chi connectivity index (χ2n) is 5.30. The quantitative estimate of drug-likeness (QED) is 0.730. The van der Waals surface area contributed by atoms with E-state index in [1.807, 2.05) is 19.1 Å². The van der Waals surface area contributed by atoms with E-state index in [2.05, 4.69) is 10.6 Å². The van der Waals surface area contributed by atoms with Crippen molar-refractivity contribution in [2.45, 2.75) is 24.0 Å². The van der Waals surface area contributed by atoms with Crippen molar-refractivity contribution in [1.29, 1.82) is 0 Å². The molecule has 0 bridgehead atoms. The van der Waals surface area contributed by atoms with Crippen molar-refractivity contribution in [2.24, 2.45) is 0 Å². The number of hydrogen-bond donors (Lipinski definition) is 2. The Morgan fingerprint density at radius 2 is 1.72 bits per heavy atom. The van der Waals surface area contributed by atoms with E-state index in [0.29, 0.717) is 16.5 Å². The zero-order chi connectivity index (χ0) is 18.4.